The SMILES string of the molecule is O=C(CCCCCCCO)[O][Al]([O]C(=O)CCCCCCCO)[O]C(=O)CCCCCCCO. The van der Waals surface area contributed by atoms with E-state index in [4.69, 9.17) is 26.7 Å². The molecular weight excluding hydrogens is 459 g/mol. The average Bonchev–Trinajstić information content (AvgIpc) is 2.80. The summed E-state index contributed by atoms with van der Waals surface area (Å²) in [6.45, 7) is 0.492. The Morgan fingerprint density at radius 1 is 0.412 bits per heavy atom. The first-order valence-electron chi connectivity index (χ1n) is 12.9. The molecule has 0 atom stereocenters. The van der Waals surface area contributed by atoms with Gasteiger partial charge in [-0.3, -0.25) is 14.4 Å². The van der Waals surface area contributed by atoms with Crippen molar-refractivity contribution >= 4 is 33.1 Å². The zero-order valence-electron chi connectivity index (χ0n) is 20.7. The van der Waals surface area contributed by atoms with Gasteiger partial charge in [-0.25, -0.2) is 0 Å². The molecule has 0 aliphatic heterocycles. The van der Waals surface area contributed by atoms with Gasteiger partial charge in [0.2, 0.25) is 0 Å². The predicted molar refractivity (Wildman–Crippen MR) is 128 cm³/mol. The number of carbonyl (C=O) groups is 3. The Kier molecular flexibility index (Phi) is 24.1. The molecule has 10 heteroatoms. The molecule has 0 saturated carbocycles. The van der Waals surface area contributed by atoms with Gasteiger partial charge >= 0.3 is 15.1 Å². The fourth-order valence-electron chi connectivity index (χ4n) is 3.31. The largest absolute Gasteiger partial charge is 1.20 e. The Balaban J connectivity index is 4.42. The fraction of sp³-hybridized carbons (Fsp3) is 0.875. The molecule has 3 N–H and O–H groups in total. The van der Waals surface area contributed by atoms with Gasteiger partial charge in [-0.1, -0.05) is 57.8 Å². The van der Waals surface area contributed by atoms with Gasteiger partial charge in [0.25, 0.3) is 17.9 Å². The minimum atomic E-state index is -3.27. The Morgan fingerprint density at radius 3 is 0.912 bits per heavy atom. The van der Waals surface area contributed by atoms with Crippen molar-refractivity contribution in [1.82, 2.24) is 0 Å². The van der Waals surface area contributed by atoms with Gasteiger partial charge in [0.15, 0.2) is 0 Å². The number of carbonyl (C=O) groups excluding carboxylic acids is 3. The van der Waals surface area contributed by atoms with Gasteiger partial charge in [-0.2, -0.15) is 0 Å². The molecule has 0 aliphatic rings. The van der Waals surface area contributed by atoms with E-state index >= 15 is 0 Å². The van der Waals surface area contributed by atoms with Gasteiger partial charge in [0.1, 0.15) is 0 Å². The van der Waals surface area contributed by atoms with E-state index in [0.717, 1.165) is 77.0 Å². The van der Waals surface area contributed by atoms with E-state index in [0.29, 0.717) is 19.3 Å². The minimum Gasteiger partial charge on any atom is -0.551 e. The van der Waals surface area contributed by atoms with Crippen molar-refractivity contribution in [2.24, 2.45) is 0 Å². The summed E-state index contributed by atoms with van der Waals surface area (Å²) in [5, 5.41) is 26.4. The molecule has 0 spiro atoms. The lowest BCUT2D eigenvalue weighted by atomic mass is 10.1. The highest BCUT2D eigenvalue weighted by Crippen LogP contribution is 2.11. The number of rotatable bonds is 24. The Hall–Kier alpha value is -1.18. The van der Waals surface area contributed by atoms with E-state index < -0.39 is 33.1 Å². The van der Waals surface area contributed by atoms with Crippen LogP contribution in [0.3, 0.4) is 0 Å². The summed E-state index contributed by atoms with van der Waals surface area (Å²) in [7, 11) is 0. The van der Waals surface area contributed by atoms with Crippen LogP contribution in [0.4, 0.5) is 0 Å². The highest BCUT2D eigenvalue weighted by Gasteiger charge is 2.48. The lowest BCUT2D eigenvalue weighted by Gasteiger charge is -2.14. The first-order chi connectivity index (χ1) is 16.5. The van der Waals surface area contributed by atoms with E-state index in [9.17, 15) is 14.4 Å². The van der Waals surface area contributed by atoms with Crippen molar-refractivity contribution < 1.29 is 41.1 Å². The molecule has 0 fully saturated rings. The molecule has 0 radical (unpaired) electrons. The summed E-state index contributed by atoms with van der Waals surface area (Å²) in [4.78, 5) is 36.5. The Labute approximate surface area is 209 Å². The van der Waals surface area contributed by atoms with Crippen LogP contribution in [0, 0.1) is 0 Å². The standard InChI is InChI=1S/3C8H16O3.Al/c3*9-7-5-3-1-2-4-6-8(10)11;/h3*9H,1-7H2,(H,10,11);/q;;;+3/p-3. The average molecular weight is 505 g/mol. The molecule has 0 aromatic heterocycles. The maximum atomic E-state index is 12.2. The van der Waals surface area contributed by atoms with Crippen LogP contribution in [0.2, 0.25) is 0 Å². The fourth-order valence-corrected chi connectivity index (χ4v) is 4.45. The smallest absolute Gasteiger partial charge is 0.551 e. The molecule has 9 nitrogen and oxygen atoms in total. The van der Waals surface area contributed by atoms with Gasteiger partial charge in [0, 0.05) is 39.1 Å². The Morgan fingerprint density at radius 2 is 0.647 bits per heavy atom. The van der Waals surface area contributed by atoms with Crippen molar-refractivity contribution in [2.45, 2.75) is 116 Å². The molecule has 0 aliphatic carbocycles. The second-order valence-electron chi connectivity index (χ2n) is 8.48. The van der Waals surface area contributed by atoms with Crippen LogP contribution in [-0.2, 0) is 25.7 Å². The van der Waals surface area contributed by atoms with Gasteiger partial charge < -0.3 is 26.7 Å². The second-order valence-corrected chi connectivity index (χ2v) is 9.77. The van der Waals surface area contributed by atoms with Crippen LogP contribution in [-0.4, -0.2) is 68.2 Å². The molecule has 0 aromatic carbocycles. The number of unbranched alkanes of at least 4 members (excludes halogenated alkanes) is 12. The van der Waals surface area contributed by atoms with Crippen molar-refractivity contribution in [3.63, 3.8) is 0 Å². The predicted octanol–water partition coefficient (Wildman–Crippen LogP) is 3.60. The third kappa shape index (κ3) is 22.6. The summed E-state index contributed by atoms with van der Waals surface area (Å²) in [5.41, 5.74) is 0. The molecule has 0 amide bonds. The number of hydrogen-bond acceptors (Lipinski definition) is 9. The van der Waals surface area contributed by atoms with Crippen LogP contribution < -0.4 is 0 Å². The first kappa shape index (κ1) is 32.8. The van der Waals surface area contributed by atoms with Crippen LogP contribution in [0.25, 0.3) is 0 Å². The molecule has 34 heavy (non-hydrogen) atoms. The summed E-state index contributed by atoms with van der Waals surface area (Å²) in [6, 6.07) is 0. The summed E-state index contributed by atoms with van der Waals surface area (Å²) >= 11 is -3.27. The molecule has 0 saturated heterocycles. The molecular formula is C24H45AlO9. The lowest BCUT2D eigenvalue weighted by molar-refractivity contribution is -0.148. The van der Waals surface area contributed by atoms with E-state index in [1.54, 1.807) is 0 Å². The van der Waals surface area contributed by atoms with Crippen LogP contribution in [0.15, 0.2) is 0 Å². The second kappa shape index (κ2) is 24.9. The highest BCUT2D eigenvalue weighted by atomic mass is 27.3. The molecule has 0 rings (SSSR count). The van der Waals surface area contributed by atoms with Crippen molar-refractivity contribution in [3.05, 3.63) is 0 Å². The zero-order chi connectivity index (χ0) is 25.3. The summed E-state index contributed by atoms with van der Waals surface area (Å²) < 4.78 is 15.8. The van der Waals surface area contributed by atoms with E-state index in [1.165, 1.54) is 0 Å². The van der Waals surface area contributed by atoms with Crippen molar-refractivity contribution in [2.75, 3.05) is 19.8 Å². The summed E-state index contributed by atoms with van der Waals surface area (Å²) in [5.74, 6) is -1.60. The maximum Gasteiger partial charge on any atom is 1.20 e. The monoisotopic (exact) mass is 504 g/mol. The maximum absolute atomic E-state index is 12.2. The van der Waals surface area contributed by atoms with Gasteiger partial charge in [0.05, 0.1) is 0 Å². The Bertz CT molecular complexity index is 445. The van der Waals surface area contributed by atoms with E-state index in [2.05, 4.69) is 0 Å². The molecule has 0 unspecified atom stereocenters. The zero-order valence-corrected chi connectivity index (χ0v) is 21.9. The minimum absolute atomic E-state index is 0.160. The molecule has 198 valence electrons. The first-order valence-corrected chi connectivity index (χ1v) is 14.4. The normalized spacial score (nSPS) is 10.7. The van der Waals surface area contributed by atoms with Gasteiger partial charge in [-0.05, 0) is 38.5 Å². The quantitative estimate of drug-likeness (QED) is 0.133. The number of hydrogen-bond donors (Lipinski definition) is 3. The van der Waals surface area contributed by atoms with Crippen LogP contribution in [0.1, 0.15) is 116 Å². The number of aliphatic hydroxyl groups excluding tert-OH is 3. The third-order valence-electron chi connectivity index (χ3n) is 5.30. The third-order valence-corrected chi connectivity index (χ3v) is 6.67. The number of aliphatic hydroxyl groups is 3. The van der Waals surface area contributed by atoms with Gasteiger partial charge in [-0.15, -0.1) is 0 Å². The van der Waals surface area contributed by atoms with E-state index in [-0.39, 0.29) is 39.1 Å². The van der Waals surface area contributed by atoms with Crippen molar-refractivity contribution in [3.8, 4) is 0 Å². The molecule has 0 aromatic rings. The van der Waals surface area contributed by atoms with Crippen LogP contribution >= 0.6 is 0 Å². The van der Waals surface area contributed by atoms with Crippen molar-refractivity contribution in [1.29, 1.82) is 0 Å². The topological polar surface area (TPSA) is 140 Å². The van der Waals surface area contributed by atoms with E-state index in [1.807, 2.05) is 0 Å². The van der Waals surface area contributed by atoms with Crippen LogP contribution in [0.5, 0.6) is 0 Å². The summed E-state index contributed by atoms with van der Waals surface area (Å²) in [6.07, 6.45) is 12.5. The molecule has 0 heterocycles. The molecule has 0 bridgehead atoms. The highest BCUT2D eigenvalue weighted by molar-refractivity contribution is 6.44. The lowest BCUT2D eigenvalue weighted by Crippen LogP contribution is -2.34.